The molecule has 0 bridgehead atoms. The van der Waals surface area contributed by atoms with Gasteiger partial charge in [0.05, 0.1) is 20.3 Å². The van der Waals surface area contributed by atoms with Gasteiger partial charge in [0.25, 0.3) is 5.91 Å². The summed E-state index contributed by atoms with van der Waals surface area (Å²) in [6, 6.07) is 22.5. The number of carbonyl (C=O) groups is 2. The predicted molar refractivity (Wildman–Crippen MR) is 144 cm³/mol. The van der Waals surface area contributed by atoms with Gasteiger partial charge in [0, 0.05) is 16.1 Å². The second-order valence-corrected chi connectivity index (χ2v) is 8.80. The highest BCUT2D eigenvalue weighted by Crippen LogP contribution is 2.33. The molecule has 196 valence electrons. The number of hydrazone groups is 1. The average molecular weight is 535 g/mol. The molecular weight excluding hydrogens is 508 g/mol. The third-order valence-electron chi connectivity index (χ3n) is 5.85. The molecule has 1 unspecified atom stereocenters. The number of benzene rings is 3. The maximum absolute atomic E-state index is 13.0. The third kappa shape index (κ3) is 6.01. The highest BCUT2D eigenvalue weighted by atomic mass is 35.5. The van der Waals surface area contributed by atoms with Crippen molar-refractivity contribution >= 4 is 35.1 Å². The van der Waals surface area contributed by atoms with Gasteiger partial charge in [-0.2, -0.15) is 5.10 Å². The molecule has 3 aromatic carbocycles. The first-order chi connectivity index (χ1) is 18.3. The van der Waals surface area contributed by atoms with Crippen molar-refractivity contribution in [3.05, 3.63) is 101 Å². The van der Waals surface area contributed by atoms with Gasteiger partial charge in [0.1, 0.15) is 18.0 Å². The zero-order valence-electron chi connectivity index (χ0n) is 20.9. The van der Waals surface area contributed by atoms with Gasteiger partial charge in [-0.25, -0.2) is 10.0 Å². The van der Waals surface area contributed by atoms with Crippen LogP contribution < -0.4 is 10.1 Å². The van der Waals surface area contributed by atoms with Crippen LogP contribution in [-0.2, 0) is 15.1 Å². The van der Waals surface area contributed by atoms with Crippen molar-refractivity contribution < 1.29 is 24.2 Å². The maximum Gasteiger partial charge on any atom is 0.327 e. The van der Waals surface area contributed by atoms with Crippen LogP contribution in [0.3, 0.4) is 0 Å². The number of rotatable bonds is 7. The zero-order chi connectivity index (χ0) is 27.1. The number of hydrogen-bond acceptors (Lipinski definition) is 7. The molecule has 38 heavy (non-hydrogen) atoms. The van der Waals surface area contributed by atoms with Crippen LogP contribution in [0, 0.1) is 0 Å². The highest BCUT2D eigenvalue weighted by molar-refractivity contribution is 6.30. The summed E-state index contributed by atoms with van der Waals surface area (Å²) in [4.78, 5) is 29.4. The summed E-state index contributed by atoms with van der Waals surface area (Å²) < 4.78 is 10.3. The molecule has 9 nitrogen and oxygen atoms in total. The first kappa shape index (κ1) is 26.8. The van der Waals surface area contributed by atoms with Crippen molar-refractivity contribution in [2.75, 3.05) is 26.8 Å². The molecule has 0 aromatic heterocycles. The van der Waals surface area contributed by atoms with Crippen molar-refractivity contribution in [3.8, 4) is 5.75 Å². The molecule has 0 saturated carbocycles. The number of hydrogen-bond donors (Lipinski definition) is 2. The van der Waals surface area contributed by atoms with E-state index in [2.05, 4.69) is 15.4 Å². The van der Waals surface area contributed by atoms with Crippen LogP contribution in [0.4, 0.5) is 0 Å². The summed E-state index contributed by atoms with van der Waals surface area (Å²) in [5.41, 5.74) is 0.372. The topological polar surface area (TPSA) is 113 Å². The molecule has 2 N–H and O–H groups in total. The van der Waals surface area contributed by atoms with E-state index >= 15 is 0 Å². The number of ether oxygens (including phenoxy) is 2. The molecule has 0 saturated heterocycles. The molecule has 0 radical (unpaired) electrons. The minimum Gasteiger partial charge on any atom is -0.497 e. The van der Waals surface area contributed by atoms with Crippen molar-refractivity contribution in [2.45, 2.75) is 12.5 Å². The van der Waals surface area contributed by atoms with E-state index in [-0.39, 0.29) is 25.7 Å². The Morgan fingerprint density at radius 3 is 2.39 bits per heavy atom. The summed E-state index contributed by atoms with van der Waals surface area (Å²) in [5.74, 6) is -0.418. The molecule has 1 heterocycles. The Morgan fingerprint density at radius 1 is 1.08 bits per heavy atom. The Labute approximate surface area is 225 Å². The maximum atomic E-state index is 13.0. The fraction of sp³-hybridized carbons (Fsp3) is 0.214. The van der Waals surface area contributed by atoms with Crippen molar-refractivity contribution in [3.63, 3.8) is 0 Å². The second-order valence-electron chi connectivity index (χ2n) is 8.37. The van der Waals surface area contributed by atoms with E-state index in [0.717, 1.165) is 0 Å². The smallest absolute Gasteiger partial charge is 0.327 e. The summed E-state index contributed by atoms with van der Waals surface area (Å²) in [6.07, 6.45) is 0. The van der Waals surface area contributed by atoms with E-state index in [1.807, 2.05) is 18.2 Å². The van der Waals surface area contributed by atoms with Crippen LogP contribution in [0.1, 0.15) is 28.4 Å². The number of guanidine groups is 1. The number of amides is 1. The fourth-order valence-electron chi connectivity index (χ4n) is 3.95. The first-order valence-electron chi connectivity index (χ1n) is 11.9. The van der Waals surface area contributed by atoms with Gasteiger partial charge < -0.3 is 14.6 Å². The molecule has 0 aliphatic carbocycles. The minimum atomic E-state index is -1.55. The molecular formula is C28H27ClN4O5. The number of carbonyl (C=O) groups excluding carboxylic acids is 2. The Hall–Kier alpha value is -4.21. The summed E-state index contributed by atoms with van der Waals surface area (Å²) >= 11 is 5.95. The van der Waals surface area contributed by atoms with Crippen LogP contribution in [-0.4, -0.2) is 60.5 Å². The molecule has 0 fully saturated rings. The van der Waals surface area contributed by atoms with Crippen molar-refractivity contribution in [1.82, 2.24) is 10.3 Å². The number of aliphatic imine (C=N–C) groups is 1. The van der Waals surface area contributed by atoms with Crippen LogP contribution in [0.15, 0.2) is 89.0 Å². The number of nitrogens with one attached hydrogen (secondary N) is 1. The van der Waals surface area contributed by atoms with E-state index in [9.17, 15) is 14.7 Å². The van der Waals surface area contributed by atoms with Gasteiger partial charge in [0.2, 0.25) is 5.96 Å². The zero-order valence-corrected chi connectivity index (χ0v) is 21.7. The Morgan fingerprint density at radius 2 is 1.76 bits per heavy atom. The van der Waals surface area contributed by atoms with Gasteiger partial charge in [0.15, 0.2) is 5.60 Å². The summed E-state index contributed by atoms with van der Waals surface area (Å²) in [5, 5.41) is 21.2. The lowest BCUT2D eigenvalue weighted by molar-refractivity contribution is -0.141. The molecule has 10 heteroatoms. The van der Waals surface area contributed by atoms with Gasteiger partial charge in [-0.1, -0.05) is 41.9 Å². The Balaban J connectivity index is 1.74. The monoisotopic (exact) mass is 534 g/mol. The number of aliphatic hydroxyl groups is 1. The number of β-amino-alcohol motifs (C(OH)–C–C–N with tert-alkyl or cyclic N) is 1. The van der Waals surface area contributed by atoms with Crippen LogP contribution in [0.25, 0.3) is 0 Å². The van der Waals surface area contributed by atoms with Crippen LogP contribution in [0.2, 0.25) is 5.02 Å². The van der Waals surface area contributed by atoms with E-state index in [0.29, 0.717) is 33.2 Å². The SMILES string of the molecule is CCOC(=O)CN=C(NC(=O)c1ccc(Cl)cc1)N1CC(O)(c2ccccc2)C(c2ccc(OC)cc2)=N1. The molecule has 1 aliphatic heterocycles. The van der Waals surface area contributed by atoms with E-state index in [1.54, 1.807) is 74.7 Å². The summed E-state index contributed by atoms with van der Waals surface area (Å²) in [7, 11) is 1.57. The first-order valence-corrected chi connectivity index (χ1v) is 12.3. The lowest BCUT2D eigenvalue weighted by atomic mass is 9.86. The number of nitrogens with zero attached hydrogens (tertiary/aromatic N) is 3. The number of esters is 1. The Kier molecular flexibility index (Phi) is 8.40. The lowest BCUT2D eigenvalue weighted by Crippen LogP contribution is -2.45. The average Bonchev–Trinajstić information content (AvgIpc) is 3.30. The summed E-state index contributed by atoms with van der Waals surface area (Å²) in [6.45, 7) is 1.47. The largest absolute Gasteiger partial charge is 0.497 e. The molecule has 0 spiro atoms. The molecule has 3 aromatic rings. The van der Waals surface area contributed by atoms with Gasteiger partial charge in [-0.05, 0) is 61.0 Å². The quantitative estimate of drug-likeness (QED) is 0.272. The van der Waals surface area contributed by atoms with E-state index in [1.165, 1.54) is 5.01 Å². The molecule has 4 rings (SSSR count). The molecule has 1 amide bonds. The predicted octanol–water partition coefficient (Wildman–Crippen LogP) is 3.61. The number of halogens is 1. The Bertz CT molecular complexity index is 1340. The minimum absolute atomic E-state index is 0.0177. The van der Waals surface area contributed by atoms with E-state index in [4.69, 9.17) is 21.1 Å². The van der Waals surface area contributed by atoms with Gasteiger partial charge in [-0.15, -0.1) is 0 Å². The van der Waals surface area contributed by atoms with Crippen LogP contribution >= 0.6 is 11.6 Å². The highest BCUT2D eigenvalue weighted by Gasteiger charge is 2.45. The molecule has 1 atom stereocenters. The second kappa shape index (κ2) is 11.9. The van der Waals surface area contributed by atoms with Gasteiger partial charge >= 0.3 is 5.97 Å². The number of methoxy groups -OCH3 is 1. The lowest BCUT2D eigenvalue weighted by Gasteiger charge is -2.26. The van der Waals surface area contributed by atoms with Gasteiger partial charge in [-0.3, -0.25) is 14.9 Å². The van der Waals surface area contributed by atoms with E-state index < -0.39 is 17.5 Å². The van der Waals surface area contributed by atoms with Crippen LogP contribution in [0.5, 0.6) is 5.75 Å². The fourth-order valence-corrected chi connectivity index (χ4v) is 4.07. The standard InChI is InChI=1S/C28H27ClN4O5/c1-3-38-24(34)17-30-27(31-26(35)20-9-13-22(29)14-10-20)33-18-28(36,21-7-5-4-6-8-21)25(32-33)19-11-15-23(37-2)16-12-19/h4-16,36H,3,17-18H2,1-2H3,(H,30,31,35). The normalized spacial score (nSPS) is 17.1. The third-order valence-corrected chi connectivity index (χ3v) is 6.10. The van der Waals surface area contributed by atoms with Crippen molar-refractivity contribution in [2.24, 2.45) is 10.1 Å². The molecule has 1 aliphatic rings. The van der Waals surface area contributed by atoms with Crippen molar-refractivity contribution in [1.29, 1.82) is 0 Å².